The van der Waals surface area contributed by atoms with Crippen molar-refractivity contribution in [3.05, 3.63) is 231 Å². The molecule has 0 spiro atoms. The molecule has 2 nitrogen and oxygen atoms in total. The van der Waals surface area contributed by atoms with Gasteiger partial charge >= 0.3 is 0 Å². The Labute approximate surface area is 327 Å². The summed E-state index contributed by atoms with van der Waals surface area (Å²) in [6, 6.07) is 83.2. The maximum Gasteiger partial charge on any atom is 0.0795 e. The molecule has 0 amide bonds. The highest BCUT2D eigenvalue weighted by molar-refractivity contribution is 6.15. The van der Waals surface area contributed by atoms with Gasteiger partial charge in [-0.1, -0.05) is 188 Å². The topological polar surface area (TPSA) is 8.17 Å². The SMILES string of the molecule is c1ccc(-c2ccc(N(c3ccc(-c4ccccc4)cc3)n3c4cc(-c5ccccc5)ccc4c4cc(-c5ccccc5)cc(-c5ccccc5)c43)cc2)cc1. The summed E-state index contributed by atoms with van der Waals surface area (Å²) < 4.78 is 2.46. The third-order valence-electron chi connectivity index (χ3n) is 10.8. The first-order valence-electron chi connectivity index (χ1n) is 19.2. The van der Waals surface area contributed by atoms with Gasteiger partial charge in [-0.05, 0) is 92.5 Å². The predicted molar refractivity (Wildman–Crippen MR) is 237 cm³/mol. The minimum Gasteiger partial charge on any atom is -0.249 e. The van der Waals surface area contributed by atoms with Crippen LogP contribution >= 0.6 is 0 Å². The zero-order valence-corrected chi connectivity index (χ0v) is 30.8. The van der Waals surface area contributed by atoms with E-state index in [0.29, 0.717) is 0 Å². The van der Waals surface area contributed by atoms with Gasteiger partial charge in [0.05, 0.1) is 22.4 Å². The summed E-state index contributed by atoms with van der Waals surface area (Å²) >= 11 is 0. The first kappa shape index (κ1) is 33.2. The van der Waals surface area contributed by atoms with Crippen LogP contribution in [0.3, 0.4) is 0 Å². The molecule has 0 aliphatic rings. The van der Waals surface area contributed by atoms with Gasteiger partial charge in [0, 0.05) is 16.3 Å². The quantitative estimate of drug-likeness (QED) is 0.152. The van der Waals surface area contributed by atoms with E-state index < -0.39 is 0 Å². The normalized spacial score (nSPS) is 11.2. The Morgan fingerprint density at radius 3 is 1.11 bits per heavy atom. The standard InChI is InChI=1S/C54H38N2/c1-6-16-39(17-7-1)43-26-31-48(32-27-43)55(49-33-28-44(29-34-49)40-18-8-2-9-19-40)56-53-38-46(41-20-10-3-11-21-41)30-35-50(53)52-37-47(42-22-12-4-13-23-42)36-51(54(52)56)45-24-14-5-15-25-45/h1-38H. The number of fused-ring (bicyclic) bond motifs is 3. The molecule has 56 heavy (non-hydrogen) atoms. The molecular weight excluding hydrogens is 677 g/mol. The zero-order chi connectivity index (χ0) is 37.3. The Morgan fingerprint density at radius 2 is 0.643 bits per heavy atom. The Morgan fingerprint density at radius 1 is 0.268 bits per heavy atom. The van der Waals surface area contributed by atoms with E-state index in [9.17, 15) is 0 Å². The van der Waals surface area contributed by atoms with E-state index in [2.05, 4.69) is 240 Å². The van der Waals surface area contributed by atoms with Gasteiger partial charge in [-0.2, -0.15) is 0 Å². The van der Waals surface area contributed by atoms with Crippen molar-refractivity contribution in [3.63, 3.8) is 0 Å². The van der Waals surface area contributed by atoms with E-state index in [1.807, 2.05) is 0 Å². The molecule has 0 aliphatic carbocycles. The van der Waals surface area contributed by atoms with Crippen molar-refractivity contribution in [2.75, 3.05) is 5.01 Å². The van der Waals surface area contributed by atoms with Gasteiger partial charge < -0.3 is 0 Å². The fraction of sp³-hybridized carbons (Fsp3) is 0. The monoisotopic (exact) mass is 714 g/mol. The first-order chi connectivity index (χ1) is 27.8. The third-order valence-corrected chi connectivity index (χ3v) is 10.8. The van der Waals surface area contributed by atoms with Gasteiger partial charge in [-0.25, -0.2) is 9.69 Å². The maximum atomic E-state index is 2.46. The van der Waals surface area contributed by atoms with Gasteiger partial charge in [0.1, 0.15) is 0 Å². The molecule has 264 valence electrons. The van der Waals surface area contributed by atoms with Crippen LogP contribution in [0, 0.1) is 0 Å². The number of hydrogen-bond acceptors (Lipinski definition) is 1. The van der Waals surface area contributed by atoms with Crippen molar-refractivity contribution in [3.8, 4) is 55.6 Å². The van der Waals surface area contributed by atoms with Gasteiger partial charge in [0.25, 0.3) is 0 Å². The molecule has 0 fully saturated rings. The van der Waals surface area contributed by atoms with Gasteiger partial charge in [-0.15, -0.1) is 0 Å². The molecule has 0 saturated heterocycles. The van der Waals surface area contributed by atoms with Crippen LogP contribution in [-0.4, -0.2) is 4.68 Å². The zero-order valence-electron chi connectivity index (χ0n) is 30.8. The van der Waals surface area contributed by atoms with Crippen LogP contribution in [0.2, 0.25) is 0 Å². The Kier molecular flexibility index (Phi) is 8.55. The summed E-state index contributed by atoms with van der Waals surface area (Å²) in [6.07, 6.45) is 0. The largest absolute Gasteiger partial charge is 0.249 e. The predicted octanol–water partition coefficient (Wildman–Crippen LogP) is 14.7. The highest BCUT2D eigenvalue weighted by atomic mass is 15.6. The van der Waals surface area contributed by atoms with E-state index in [1.54, 1.807) is 0 Å². The fourth-order valence-electron chi connectivity index (χ4n) is 8.01. The summed E-state index contributed by atoms with van der Waals surface area (Å²) in [7, 11) is 0. The highest BCUT2D eigenvalue weighted by Gasteiger charge is 2.24. The molecule has 0 atom stereocenters. The van der Waals surface area contributed by atoms with Crippen LogP contribution in [-0.2, 0) is 0 Å². The number of anilines is 2. The Balaban J connectivity index is 1.29. The minimum absolute atomic E-state index is 1.06. The summed E-state index contributed by atoms with van der Waals surface area (Å²) in [6.45, 7) is 0. The van der Waals surface area contributed by atoms with Crippen LogP contribution in [0.25, 0.3) is 77.4 Å². The van der Waals surface area contributed by atoms with E-state index >= 15 is 0 Å². The third kappa shape index (κ3) is 6.14. The molecule has 0 saturated carbocycles. The lowest BCUT2D eigenvalue weighted by Crippen LogP contribution is -2.24. The van der Waals surface area contributed by atoms with Crippen LogP contribution in [0.1, 0.15) is 0 Å². The van der Waals surface area contributed by atoms with E-state index in [-0.39, 0.29) is 0 Å². The van der Waals surface area contributed by atoms with Crippen LogP contribution in [0.15, 0.2) is 231 Å². The van der Waals surface area contributed by atoms with Gasteiger partial charge in [-0.3, -0.25) is 0 Å². The van der Waals surface area contributed by atoms with Crippen molar-refractivity contribution in [1.29, 1.82) is 0 Å². The lowest BCUT2D eigenvalue weighted by Gasteiger charge is -2.29. The first-order valence-corrected chi connectivity index (χ1v) is 19.2. The number of hydrogen-bond donors (Lipinski definition) is 0. The molecule has 0 N–H and O–H groups in total. The lowest BCUT2D eigenvalue weighted by atomic mass is 9.95. The van der Waals surface area contributed by atoms with Crippen molar-refractivity contribution >= 4 is 33.2 Å². The Bertz CT molecular complexity index is 2820. The molecule has 0 aliphatic heterocycles. The number of benzene rings is 9. The number of rotatable bonds is 8. The average molecular weight is 715 g/mol. The van der Waals surface area contributed by atoms with Crippen molar-refractivity contribution < 1.29 is 0 Å². The van der Waals surface area contributed by atoms with Crippen molar-refractivity contribution in [2.24, 2.45) is 0 Å². The molecule has 0 radical (unpaired) electrons. The Hall–Kier alpha value is -7.42. The highest BCUT2D eigenvalue weighted by Crippen LogP contribution is 2.44. The van der Waals surface area contributed by atoms with Crippen molar-refractivity contribution in [1.82, 2.24) is 4.68 Å². The second-order valence-electron chi connectivity index (χ2n) is 14.2. The molecule has 0 bridgehead atoms. The fourth-order valence-corrected chi connectivity index (χ4v) is 8.01. The van der Waals surface area contributed by atoms with E-state index in [1.165, 1.54) is 66.4 Å². The molecule has 2 heteroatoms. The second kappa shape index (κ2) is 14.4. The minimum atomic E-state index is 1.06. The molecule has 10 aromatic rings. The van der Waals surface area contributed by atoms with Gasteiger partial charge in [0.15, 0.2) is 0 Å². The molecule has 1 heterocycles. The average Bonchev–Trinajstić information content (AvgIpc) is 3.61. The summed E-state index contributed by atoms with van der Waals surface area (Å²) in [5.41, 5.74) is 16.2. The van der Waals surface area contributed by atoms with Crippen LogP contribution in [0.5, 0.6) is 0 Å². The lowest BCUT2D eigenvalue weighted by molar-refractivity contribution is 0.887. The second-order valence-corrected chi connectivity index (χ2v) is 14.2. The summed E-state index contributed by atoms with van der Waals surface area (Å²) in [5.74, 6) is 0. The van der Waals surface area contributed by atoms with Crippen LogP contribution < -0.4 is 5.01 Å². The van der Waals surface area contributed by atoms with E-state index in [0.717, 1.165) is 22.4 Å². The summed E-state index contributed by atoms with van der Waals surface area (Å²) in [4.78, 5) is 0. The van der Waals surface area contributed by atoms with Crippen molar-refractivity contribution in [2.45, 2.75) is 0 Å². The molecule has 9 aromatic carbocycles. The molecule has 1 aromatic heterocycles. The summed E-state index contributed by atoms with van der Waals surface area (Å²) in [5, 5.41) is 4.80. The van der Waals surface area contributed by atoms with Gasteiger partial charge in [0.2, 0.25) is 0 Å². The van der Waals surface area contributed by atoms with Crippen LogP contribution in [0.4, 0.5) is 11.4 Å². The number of nitrogens with zero attached hydrogens (tertiary/aromatic N) is 2. The molecule has 0 unspecified atom stereocenters. The maximum absolute atomic E-state index is 2.46. The van der Waals surface area contributed by atoms with E-state index in [4.69, 9.17) is 0 Å². The number of aromatic nitrogens is 1. The molecule has 10 rings (SSSR count). The molecular formula is C54H38N2. The smallest absolute Gasteiger partial charge is 0.0795 e.